The molecule has 1 aromatic rings. The number of nitrogens with one attached hydrogen (secondary N) is 2. The number of carbonyl (C=O) groups is 2. The van der Waals surface area contributed by atoms with Crippen molar-refractivity contribution in [3.05, 3.63) is 17.5 Å². The topological polar surface area (TPSA) is 136 Å². The molecule has 5 N–H and O–H groups in total. The van der Waals surface area contributed by atoms with Crippen LogP contribution in [0.3, 0.4) is 0 Å². The van der Waals surface area contributed by atoms with Crippen molar-refractivity contribution < 1.29 is 24.9 Å². The van der Waals surface area contributed by atoms with Gasteiger partial charge in [-0.3, -0.25) is 9.89 Å². The van der Waals surface area contributed by atoms with Gasteiger partial charge in [0, 0.05) is 19.0 Å². The van der Waals surface area contributed by atoms with E-state index in [9.17, 15) is 19.8 Å². The van der Waals surface area contributed by atoms with E-state index in [1.165, 1.54) is 6.92 Å². The van der Waals surface area contributed by atoms with E-state index in [0.717, 1.165) is 6.20 Å². The first-order valence-corrected chi connectivity index (χ1v) is 5.30. The molecule has 18 heavy (non-hydrogen) atoms. The van der Waals surface area contributed by atoms with Gasteiger partial charge in [-0.25, -0.2) is 4.79 Å². The number of H-pyrrole nitrogens is 1. The zero-order valence-corrected chi connectivity index (χ0v) is 9.75. The number of amides is 1. The molecule has 0 aliphatic heterocycles. The summed E-state index contributed by atoms with van der Waals surface area (Å²) in [6.45, 7) is 1.52. The molecule has 0 saturated heterocycles. The molecule has 0 aliphatic carbocycles. The molecule has 0 bridgehead atoms. The Morgan fingerprint density at radius 3 is 2.72 bits per heavy atom. The lowest BCUT2D eigenvalue weighted by Crippen LogP contribution is -2.28. The second kappa shape index (κ2) is 6.12. The van der Waals surface area contributed by atoms with E-state index >= 15 is 0 Å². The van der Waals surface area contributed by atoms with E-state index in [2.05, 4.69) is 15.5 Å². The van der Waals surface area contributed by atoms with Crippen molar-refractivity contribution in [2.45, 2.75) is 25.6 Å². The van der Waals surface area contributed by atoms with Gasteiger partial charge < -0.3 is 20.6 Å². The van der Waals surface area contributed by atoms with Gasteiger partial charge in [0.15, 0.2) is 0 Å². The fraction of sp³-hybridized carbons (Fsp3) is 0.500. The number of rotatable bonds is 6. The van der Waals surface area contributed by atoms with Gasteiger partial charge in [-0.05, 0) is 6.42 Å². The molecule has 0 spiro atoms. The molecule has 1 rings (SSSR count). The number of hydrogen-bond donors (Lipinski definition) is 5. The average Bonchev–Trinajstić information content (AvgIpc) is 2.76. The number of carbonyl (C=O) groups excluding carboxylic acids is 1. The summed E-state index contributed by atoms with van der Waals surface area (Å²) in [5.74, 6) is -1.51. The number of aliphatic hydroxyl groups excluding tert-OH is 2. The van der Waals surface area contributed by atoms with Crippen molar-refractivity contribution in [2.24, 2.45) is 0 Å². The van der Waals surface area contributed by atoms with Crippen LogP contribution in [0, 0.1) is 0 Å². The van der Waals surface area contributed by atoms with Crippen LogP contribution in [0.15, 0.2) is 6.20 Å². The number of aliphatic hydroxyl groups is 2. The maximum Gasteiger partial charge on any atom is 0.354 e. The van der Waals surface area contributed by atoms with Gasteiger partial charge in [0.1, 0.15) is 11.8 Å². The van der Waals surface area contributed by atoms with E-state index in [4.69, 9.17) is 5.11 Å². The van der Waals surface area contributed by atoms with Gasteiger partial charge in [0.05, 0.1) is 12.3 Å². The van der Waals surface area contributed by atoms with E-state index in [1.54, 1.807) is 0 Å². The zero-order chi connectivity index (χ0) is 13.7. The Morgan fingerprint density at radius 2 is 2.17 bits per heavy atom. The molecular weight excluding hydrogens is 242 g/mol. The quantitative estimate of drug-likeness (QED) is 0.445. The van der Waals surface area contributed by atoms with E-state index in [1.807, 2.05) is 0 Å². The Hall–Kier alpha value is -1.93. The number of aromatic nitrogens is 2. The molecule has 1 heterocycles. The predicted octanol–water partition coefficient (Wildman–Crippen LogP) is -0.972. The van der Waals surface area contributed by atoms with Crippen LogP contribution in [0.4, 0.5) is 0 Å². The molecule has 0 saturated carbocycles. The molecule has 1 aromatic heterocycles. The first kappa shape index (κ1) is 14.1. The molecule has 0 aromatic carbocycles. The normalized spacial score (nSPS) is 13.9. The van der Waals surface area contributed by atoms with E-state index in [-0.39, 0.29) is 30.1 Å². The number of aromatic carboxylic acids is 1. The minimum atomic E-state index is -1.37. The number of hydrogen-bond acceptors (Lipinski definition) is 5. The molecular formula is C10H15N3O5. The maximum absolute atomic E-state index is 10.8. The van der Waals surface area contributed by atoms with Crippen molar-refractivity contribution in [2.75, 3.05) is 6.54 Å². The second-order valence-corrected chi connectivity index (χ2v) is 3.79. The third-order valence-electron chi connectivity index (χ3n) is 2.38. The molecule has 8 heteroatoms. The molecule has 2 unspecified atom stereocenters. The van der Waals surface area contributed by atoms with Crippen LogP contribution in [0.2, 0.25) is 0 Å². The van der Waals surface area contributed by atoms with Crippen LogP contribution in [0.25, 0.3) is 0 Å². The molecule has 2 atom stereocenters. The lowest BCUT2D eigenvalue weighted by atomic mass is 10.0. The van der Waals surface area contributed by atoms with Crippen LogP contribution >= 0.6 is 0 Å². The van der Waals surface area contributed by atoms with Gasteiger partial charge in [0.2, 0.25) is 5.91 Å². The minimum absolute atomic E-state index is 0.0119. The zero-order valence-electron chi connectivity index (χ0n) is 9.75. The summed E-state index contributed by atoms with van der Waals surface area (Å²) in [6, 6.07) is 0. The summed E-state index contributed by atoms with van der Waals surface area (Å²) >= 11 is 0. The predicted molar refractivity (Wildman–Crippen MR) is 59.8 cm³/mol. The van der Waals surface area contributed by atoms with Gasteiger partial charge in [-0.15, -0.1) is 0 Å². The van der Waals surface area contributed by atoms with E-state index < -0.39 is 18.2 Å². The van der Waals surface area contributed by atoms with Crippen LogP contribution in [-0.4, -0.2) is 50.0 Å². The molecule has 0 aliphatic rings. The van der Waals surface area contributed by atoms with Crippen molar-refractivity contribution in [1.82, 2.24) is 15.5 Å². The van der Waals surface area contributed by atoms with E-state index in [0.29, 0.717) is 0 Å². The third-order valence-corrected chi connectivity index (χ3v) is 2.38. The minimum Gasteiger partial charge on any atom is -0.477 e. The number of carboxylic acid groups (broad SMARTS) is 1. The highest BCUT2D eigenvalue weighted by Gasteiger charge is 2.25. The summed E-state index contributed by atoms with van der Waals surface area (Å²) < 4.78 is 0. The second-order valence-electron chi connectivity index (χ2n) is 3.79. The van der Waals surface area contributed by atoms with Crippen LogP contribution < -0.4 is 5.32 Å². The summed E-state index contributed by atoms with van der Waals surface area (Å²) in [4.78, 5) is 21.4. The largest absolute Gasteiger partial charge is 0.477 e. The lowest BCUT2D eigenvalue weighted by Gasteiger charge is -2.17. The monoisotopic (exact) mass is 257 g/mol. The molecule has 0 fully saturated rings. The van der Waals surface area contributed by atoms with Gasteiger partial charge in [-0.1, -0.05) is 0 Å². The number of aromatic amines is 1. The van der Waals surface area contributed by atoms with Gasteiger partial charge in [0.25, 0.3) is 0 Å². The molecule has 8 nitrogen and oxygen atoms in total. The Bertz CT molecular complexity index is 431. The van der Waals surface area contributed by atoms with Gasteiger partial charge >= 0.3 is 5.97 Å². The van der Waals surface area contributed by atoms with Gasteiger partial charge in [-0.2, -0.15) is 5.10 Å². The highest BCUT2D eigenvalue weighted by molar-refractivity contribution is 5.87. The highest BCUT2D eigenvalue weighted by Crippen LogP contribution is 2.20. The summed E-state index contributed by atoms with van der Waals surface area (Å²) in [6.07, 6.45) is -1.31. The number of nitrogens with zero attached hydrogens (tertiary/aromatic N) is 1. The standard InChI is InChI=1S/C10H15N3O5/c1-5(14)11-3-2-7(15)9(16)6-4-12-13-8(6)10(17)18/h4,7,9,15-16H,2-3H2,1H3,(H,11,14)(H,12,13)(H,17,18). The Balaban J connectivity index is 2.62. The SMILES string of the molecule is CC(=O)NCCC(O)C(O)c1cn[nH]c1C(=O)O. The molecule has 100 valence electrons. The fourth-order valence-corrected chi connectivity index (χ4v) is 1.45. The van der Waals surface area contributed by atoms with Crippen molar-refractivity contribution in [3.63, 3.8) is 0 Å². The number of carboxylic acids is 1. The average molecular weight is 257 g/mol. The highest BCUT2D eigenvalue weighted by atomic mass is 16.4. The first-order valence-electron chi connectivity index (χ1n) is 5.30. The molecule has 0 radical (unpaired) electrons. The van der Waals surface area contributed by atoms with Crippen LogP contribution in [0.5, 0.6) is 0 Å². The Kier molecular flexibility index (Phi) is 4.81. The fourth-order valence-electron chi connectivity index (χ4n) is 1.45. The molecule has 1 amide bonds. The third kappa shape index (κ3) is 3.54. The summed E-state index contributed by atoms with van der Waals surface area (Å²) in [5, 5.41) is 36.5. The lowest BCUT2D eigenvalue weighted by molar-refractivity contribution is -0.119. The maximum atomic E-state index is 10.8. The Labute approximate surface area is 103 Å². The summed E-state index contributed by atoms with van der Waals surface area (Å²) in [7, 11) is 0. The Morgan fingerprint density at radius 1 is 1.50 bits per heavy atom. The van der Waals surface area contributed by atoms with Crippen LogP contribution in [-0.2, 0) is 4.79 Å². The van der Waals surface area contributed by atoms with Crippen molar-refractivity contribution >= 4 is 11.9 Å². The van der Waals surface area contributed by atoms with Crippen LogP contribution in [0.1, 0.15) is 35.5 Å². The first-order chi connectivity index (χ1) is 8.43. The smallest absolute Gasteiger partial charge is 0.354 e. The van der Waals surface area contributed by atoms with Crippen molar-refractivity contribution in [1.29, 1.82) is 0 Å². The summed E-state index contributed by atoms with van der Waals surface area (Å²) in [5.41, 5.74) is -0.251. The van der Waals surface area contributed by atoms with Crippen molar-refractivity contribution in [3.8, 4) is 0 Å².